The van der Waals surface area contributed by atoms with E-state index in [4.69, 9.17) is 4.74 Å². The Kier molecular flexibility index (Phi) is 9.41. The Morgan fingerprint density at radius 1 is 0.957 bits per heavy atom. The summed E-state index contributed by atoms with van der Waals surface area (Å²) in [4.78, 5) is 37.9. The maximum Gasteiger partial charge on any atom is 0.278 e. The fourth-order valence-electron chi connectivity index (χ4n) is 5.50. The van der Waals surface area contributed by atoms with E-state index < -0.39 is 15.9 Å². The molecule has 1 aliphatic heterocycles. The quantitative estimate of drug-likeness (QED) is 0.197. The number of aromatic nitrogens is 4. The Labute approximate surface area is 266 Å². The van der Waals surface area contributed by atoms with E-state index in [0.717, 1.165) is 12.8 Å². The normalized spacial score (nSPS) is 13.5. The van der Waals surface area contributed by atoms with Crippen LogP contribution < -0.4 is 21.1 Å². The van der Waals surface area contributed by atoms with Gasteiger partial charge in [0.2, 0.25) is 11.9 Å². The zero-order chi connectivity index (χ0) is 31.9. The van der Waals surface area contributed by atoms with Crippen LogP contribution in [0.1, 0.15) is 17.7 Å². The highest BCUT2D eigenvalue weighted by Gasteiger charge is 2.24. The van der Waals surface area contributed by atoms with E-state index in [2.05, 4.69) is 32.7 Å². The standard InChI is InChI=1S/C33H35N7O5S/c41-31(36-22-27-20-26-21-34-15-13-30(26)40(27)46(43,44)28-11-5-2-6-12-28)24-39-32(42)29(23-37-33(39)38-16-18-45-19-17-38)35-14-7-10-25-8-3-1-4-9-25/h1-6,8-9,11-13,15,20-21,23,35H,7,10,14,16-19,22,24H2,(H,36,41). The van der Waals surface area contributed by atoms with Crippen molar-refractivity contribution in [3.63, 3.8) is 0 Å². The van der Waals surface area contributed by atoms with E-state index in [0.29, 0.717) is 61.1 Å². The molecule has 0 aliphatic carbocycles. The molecule has 1 saturated heterocycles. The Hall–Kier alpha value is -5.01. The number of aryl methyl sites for hydroxylation is 1. The number of nitrogens with zero attached hydrogens (tertiary/aromatic N) is 5. The van der Waals surface area contributed by atoms with Crippen LogP contribution >= 0.6 is 0 Å². The molecule has 238 valence electrons. The average Bonchev–Trinajstić information content (AvgIpc) is 3.48. The van der Waals surface area contributed by atoms with E-state index in [-0.39, 0.29) is 23.5 Å². The predicted molar refractivity (Wildman–Crippen MR) is 175 cm³/mol. The van der Waals surface area contributed by atoms with Crippen molar-refractivity contribution in [2.24, 2.45) is 0 Å². The number of anilines is 2. The van der Waals surface area contributed by atoms with Crippen LogP contribution in [0.15, 0.2) is 101 Å². The molecular weight excluding hydrogens is 606 g/mol. The summed E-state index contributed by atoms with van der Waals surface area (Å²) < 4.78 is 35.5. The second-order valence-electron chi connectivity index (χ2n) is 10.9. The third-order valence-corrected chi connectivity index (χ3v) is 9.58. The summed E-state index contributed by atoms with van der Waals surface area (Å²) in [6.45, 7) is 2.20. The molecule has 3 aromatic heterocycles. The van der Waals surface area contributed by atoms with Gasteiger partial charge in [0, 0.05) is 37.4 Å². The Bertz CT molecular complexity index is 1970. The molecule has 4 heterocycles. The summed E-state index contributed by atoms with van der Waals surface area (Å²) in [5, 5.41) is 6.63. The lowest BCUT2D eigenvalue weighted by Gasteiger charge is -2.29. The van der Waals surface area contributed by atoms with Gasteiger partial charge in [0.25, 0.3) is 15.6 Å². The molecule has 13 heteroatoms. The van der Waals surface area contributed by atoms with Gasteiger partial charge in [-0.25, -0.2) is 17.4 Å². The number of carbonyl (C=O) groups is 1. The summed E-state index contributed by atoms with van der Waals surface area (Å²) in [6.07, 6.45) is 6.29. The van der Waals surface area contributed by atoms with Crippen LogP contribution in [0.2, 0.25) is 0 Å². The number of ether oxygens (including phenoxy) is 1. The van der Waals surface area contributed by atoms with Crippen molar-refractivity contribution in [1.29, 1.82) is 0 Å². The van der Waals surface area contributed by atoms with Crippen LogP contribution in [-0.2, 0) is 39.1 Å². The minimum absolute atomic E-state index is 0.0912. The Morgan fingerprint density at radius 2 is 1.70 bits per heavy atom. The van der Waals surface area contributed by atoms with E-state index in [1.54, 1.807) is 36.5 Å². The number of rotatable bonds is 12. The number of morpholine rings is 1. The zero-order valence-electron chi connectivity index (χ0n) is 25.2. The van der Waals surface area contributed by atoms with Crippen LogP contribution in [-0.4, -0.2) is 65.7 Å². The number of pyridine rings is 1. The highest BCUT2D eigenvalue weighted by Crippen LogP contribution is 2.25. The van der Waals surface area contributed by atoms with Crippen LogP contribution in [0.3, 0.4) is 0 Å². The predicted octanol–water partition coefficient (Wildman–Crippen LogP) is 3.03. The molecule has 6 rings (SSSR count). The van der Waals surface area contributed by atoms with Crippen molar-refractivity contribution in [2.75, 3.05) is 43.1 Å². The van der Waals surface area contributed by atoms with Crippen molar-refractivity contribution in [2.45, 2.75) is 30.8 Å². The number of carbonyl (C=O) groups excluding carboxylic acids is 1. The van der Waals surface area contributed by atoms with Gasteiger partial charge in [-0.2, -0.15) is 0 Å². The van der Waals surface area contributed by atoms with Gasteiger partial charge in [-0.15, -0.1) is 0 Å². The van der Waals surface area contributed by atoms with E-state index >= 15 is 0 Å². The largest absolute Gasteiger partial charge is 0.379 e. The molecule has 5 aromatic rings. The van der Waals surface area contributed by atoms with Crippen LogP contribution in [0, 0.1) is 0 Å². The average molecular weight is 642 g/mol. The second kappa shape index (κ2) is 14.0. The Balaban J connectivity index is 1.22. The number of nitrogens with one attached hydrogen (secondary N) is 2. The monoisotopic (exact) mass is 641 g/mol. The Morgan fingerprint density at radius 3 is 2.46 bits per heavy atom. The minimum Gasteiger partial charge on any atom is -0.379 e. The molecule has 0 saturated carbocycles. The van der Waals surface area contributed by atoms with Gasteiger partial charge in [-0.1, -0.05) is 48.5 Å². The fraction of sp³-hybridized carbons (Fsp3) is 0.273. The third kappa shape index (κ3) is 6.80. The molecule has 12 nitrogen and oxygen atoms in total. The number of amides is 1. The molecule has 1 aliphatic rings. The van der Waals surface area contributed by atoms with E-state index in [9.17, 15) is 18.0 Å². The summed E-state index contributed by atoms with van der Waals surface area (Å²) in [5.74, 6) is -0.0863. The smallest absolute Gasteiger partial charge is 0.278 e. The lowest BCUT2D eigenvalue weighted by Crippen LogP contribution is -2.42. The molecule has 0 radical (unpaired) electrons. The first-order valence-electron chi connectivity index (χ1n) is 15.1. The number of hydrogen-bond donors (Lipinski definition) is 2. The SMILES string of the molecule is O=C(Cn1c(N2CCOCC2)ncc(NCCCc2ccccc2)c1=O)NCc1cc2cnccc2n1S(=O)(=O)c1ccccc1. The second-order valence-corrected chi connectivity index (χ2v) is 12.7. The summed E-state index contributed by atoms with van der Waals surface area (Å²) >= 11 is 0. The maximum absolute atomic E-state index is 13.7. The molecule has 2 N–H and O–H groups in total. The molecule has 46 heavy (non-hydrogen) atoms. The minimum atomic E-state index is -3.98. The summed E-state index contributed by atoms with van der Waals surface area (Å²) in [5.41, 5.74) is 1.96. The van der Waals surface area contributed by atoms with Crippen molar-refractivity contribution in [3.8, 4) is 0 Å². The maximum atomic E-state index is 13.7. The van der Waals surface area contributed by atoms with Crippen molar-refractivity contribution >= 4 is 38.5 Å². The van der Waals surface area contributed by atoms with Crippen molar-refractivity contribution < 1.29 is 17.9 Å². The summed E-state index contributed by atoms with van der Waals surface area (Å²) in [6, 6.07) is 21.5. The lowest BCUT2D eigenvalue weighted by molar-refractivity contribution is -0.121. The van der Waals surface area contributed by atoms with Crippen molar-refractivity contribution in [3.05, 3.63) is 113 Å². The van der Waals surface area contributed by atoms with Crippen molar-refractivity contribution in [1.82, 2.24) is 23.8 Å². The van der Waals surface area contributed by atoms with Crippen LogP contribution in [0.4, 0.5) is 11.6 Å². The molecular formula is C33H35N7O5S. The van der Waals surface area contributed by atoms with Crippen LogP contribution in [0.5, 0.6) is 0 Å². The molecule has 0 unspecified atom stereocenters. The first kappa shape index (κ1) is 31.0. The lowest BCUT2D eigenvalue weighted by atomic mass is 10.1. The van der Waals surface area contributed by atoms with Gasteiger partial charge in [-0.3, -0.25) is 19.1 Å². The molecule has 2 aromatic carbocycles. The summed E-state index contributed by atoms with van der Waals surface area (Å²) in [7, 11) is -3.98. The van der Waals surface area contributed by atoms with E-state index in [1.807, 2.05) is 23.1 Å². The van der Waals surface area contributed by atoms with Crippen LogP contribution in [0.25, 0.3) is 10.9 Å². The number of hydrogen-bond acceptors (Lipinski definition) is 9. The van der Waals surface area contributed by atoms with Gasteiger partial charge in [-0.05, 0) is 42.7 Å². The number of fused-ring (bicyclic) bond motifs is 1. The number of benzene rings is 2. The third-order valence-electron chi connectivity index (χ3n) is 7.80. The molecule has 0 spiro atoms. The molecule has 1 amide bonds. The van der Waals surface area contributed by atoms with Gasteiger partial charge >= 0.3 is 0 Å². The van der Waals surface area contributed by atoms with Gasteiger partial charge < -0.3 is 20.3 Å². The van der Waals surface area contributed by atoms with Gasteiger partial charge in [0.15, 0.2) is 0 Å². The molecule has 1 fully saturated rings. The highest BCUT2D eigenvalue weighted by molar-refractivity contribution is 7.90. The van der Waals surface area contributed by atoms with E-state index in [1.165, 1.54) is 38.6 Å². The zero-order valence-corrected chi connectivity index (χ0v) is 26.0. The fourth-order valence-corrected chi connectivity index (χ4v) is 7.07. The first-order chi connectivity index (χ1) is 22.4. The topological polar surface area (TPSA) is 140 Å². The van der Waals surface area contributed by atoms with Gasteiger partial charge in [0.1, 0.15) is 12.2 Å². The van der Waals surface area contributed by atoms with Gasteiger partial charge in [0.05, 0.1) is 42.1 Å². The first-order valence-corrected chi connectivity index (χ1v) is 16.6. The highest BCUT2D eigenvalue weighted by atomic mass is 32.2. The molecule has 0 bridgehead atoms. The molecule has 0 atom stereocenters.